The van der Waals surface area contributed by atoms with E-state index >= 15 is 0 Å². The first kappa shape index (κ1) is 12.8. The number of nitrogens with one attached hydrogen (secondary N) is 1. The van der Waals surface area contributed by atoms with Crippen molar-refractivity contribution in [2.75, 3.05) is 13.6 Å². The Labute approximate surface area is 109 Å². The zero-order chi connectivity index (χ0) is 13.1. The minimum absolute atomic E-state index is 0.00350. The van der Waals surface area contributed by atoms with Gasteiger partial charge in [-0.1, -0.05) is 11.6 Å². The molecule has 0 radical (unpaired) electrons. The van der Waals surface area contributed by atoms with E-state index in [2.05, 4.69) is 15.3 Å². The van der Waals surface area contributed by atoms with Crippen molar-refractivity contribution in [3.05, 3.63) is 23.2 Å². The third-order valence-corrected chi connectivity index (χ3v) is 2.68. The second-order valence-electron chi connectivity index (χ2n) is 4.23. The Morgan fingerprint density at radius 3 is 2.83 bits per heavy atom. The fourth-order valence-electron chi connectivity index (χ4n) is 1.43. The third-order valence-electron chi connectivity index (χ3n) is 2.49. The molecule has 1 aliphatic carbocycles. The fourth-order valence-corrected chi connectivity index (χ4v) is 1.58. The van der Waals surface area contributed by atoms with Crippen molar-refractivity contribution in [2.45, 2.75) is 18.9 Å². The predicted molar refractivity (Wildman–Crippen MR) is 65.2 cm³/mol. The summed E-state index contributed by atoms with van der Waals surface area (Å²) in [4.78, 5) is 32.4. The van der Waals surface area contributed by atoms with Crippen LogP contribution in [0.2, 0.25) is 5.15 Å². The number of likely N-dealkylation sites (N-methyl/N-ethyl adjacent to an activating group) is 1. The van der Waals surface area contributed by atoms with E-state index in [0.717, 1.165) is 12.8 Å². The molecule has 1 N–H and O–H groups in total. The molecule has 0 bridgehead atoms. The largest absolute Gasteiger partial charge is 0.352 e. The van der Waals surface area contributed by atoms with Gasteiger partial charge < -0.3 is 10.2 Å². The molecule has 1 aliphatic rings. The van der Waals surface area contributed by atoms with Gasteiger partial charge in [-0.05, 0) is 12.8 Å². The molecular weight excluding hydrogens is 256 g/mol. The van der Waals surface area contributed by atoms with Gasteiger partial charge in [-0.2, -0.15) is 0 Å². The van der Waals surface area contributed by atoms with E-state index in [-0.39, 0.29) is 35.2 Å². The van der Waals surface area contributed by atoms with Gasteiger partial charge in [0.15, 0.2) is 0 Å². The first-order valence-electron chi connectivity index (χ1n) is 5.58. The molecule has 96 valence electrons. The Morgan fingerprint density at radius 2 is 2.22 bits per heavy atom. The maximum Gasteiger partial charge on any atom is 0.274 e. The number of hydrogen-bond donors (Lipinski definition) is 1. The van der Waals surface area contributed by atoms with Crippen molar-refractivity contribution in [3.63, 3.8) is 0 Å². The van der Waals surface area contributed by atoms with Gasteiger partial charge >= 0.3 is 0 Å². The van der Waals surface area contributed by atoms with E-state index in [4.69, 9.17) is 11.6 Å². The molecule has 1 aromatic heterocycles. The molecule has 0 spiro atoms. The van der Waals surface area contributed by atoms with Crippen LogP contribution in [0, 0.1) is 0 Å². The summed E-state index contributed by atoms with van der Waals surface area (Å²) >= 11 is 5.65. The van der Waals surface area contributed by atoms with Crippen molar-refractivity contribution in [3.8, 4) is 0 Å². The number of hydrogen-bond acceptors (Lipinski definition) is 4. The molecule has 1 aromatic rings. The van der Waals surface area contributed by atoms with Crippen LogP contribution in [-0.4, -0.2) is 46.3 Å². The summed E-state index contributed by atoms with van der Waals surface area (Å²) in [6, 6.07) is 0.284. The molecule has 0 aromatic carbocycles. The van der Waals surface area contributed by atoms with E-state index in [9.17, 15) is 9.59 Å². The van der Waals surface area contributed by atoms with Gasteiger partial charge in [0.25, 0.3) is 5.91 Å². The molecule has 1 saturated carbocycles. The summed E-state index contributed by atoms with van der Waals surface area (Å²) in [6.07, 6.45) is 4.70. The maximum atomic E-state index is 11.9. The maximum absolute atomic E-state index is 11.9. The van der Waals surface area contributed by atoms with Crippen LogP contribution in [0.3, 0.4) is 0 Å². The second-order valence-corrected chi connectivity index (χ2v) is 4.62. The average molecular weight is 269 g/mol. The normalized spacial score (nSPS) is 14.1. The highest BCUT2D eigenvalue weighted by Gasteiger charge is 2.24. The summed E-state index contributed by atoms with van der Waals surface area (Å²) in [5.41, 5.74) is 0.129. The Morgan fingerprint density at radius 1 is 1.50 bits per heavy atom. The van der Waals surface area contributed by atoms with Gasteiger partial charge in [0.2, 0.25) is 5.91 Å². The Hall–Kier alpha value is -1.69. The standard InChI is InChI=1S/C11H13ClN4O2/c1-16(6-10(17)14-7-2-3-7)11(18)8-4-13-5-9(12)15-8/h4-5,7H,2-3,6H2,1H3,(H,14,17). The highest BCUT2D eigenvalue weighted by Crippen LogP contribution is 2.18. The minimum atomic E-state index is -0.379. The van der Waals surface area contributed by atoms with Gasteiger partial charge in [0, 0.05) is 13.1 Å². The van der Waals surface area contributed by atoms with Crippen molar-refractivity contribution >= 4 is 23.4 Å². The fraction of sp³-hybridized carbons (Fsp3) is 0.455. The molecule has 18 heavy (non-hydrogen) atoms. The van der Waals surface area contributed by atoms with Crippen LogP contribution in [0.4, 0.5) is 0 Å². The average Bonchev–Trinajstić information content (AvgIpc) is 3.11. The molecule has 2 amide bonds. The first-order chi connectivity index (χ1) is 8.56. The van der Waals surface area contributed by atoms with E-state index in [0.29, 0.717) is 0 Å². The highest BCUT2D eigenvalue weighted by atomic mass is 35.5. The van der Waals surface area contributed by atoms with E-state index < -0.39 is 0 Å². The zero-order valence-electron chi connectivity index (χ0n) is 9.89. The van der Waals surface area contributed by atoms with E-state index in [1.165, 1.54) is 24.3 Å². The van der Waals surface area contributed by atoms with Crippen LogP contribution in [0.5, 0.6) is 0 Å². The number of nitrogens with zero attached hydrogens (tertiary/aromatic N) is 3. The minimum Gasteiger partial charge on any atom is -0.352 e. The first-order valence-corrected chi connectivity index (χ1v) is 5.96. The van der Waals surface area contributed by atoms with Crippen molar-refractivity contribution in [1.82, 2.24) is 20.2 Å². The van der Waals surface area contributed by atoms with Crippen LogP contribution in [0.1, 0.15) is 23.3 Å². The lowest BCUT2D eigenvalue weighted by molar-refractivity contribution is -0.121. The predicted octanol–water partition coefficient (Wildman–Crippen LogP) is 0.481. The quantitative estimate of drug-likeness (QED) is 0.862. The molecule has 0 aliphatic heterocycles. The number of carbonyl (C=O) groups excluding carboxylic acids is 2. The van der Waals surface area contributed by atoms with Crippen molar-refractivity contribution in [1.29, 1.82) is 0 Å². The molecule has 0 unspecified atom stereocenters. The monoisotopic (exact) mass is 268 g/mol. The van der Waals surface area contributed by atoms with E-state index in [1.807, 2.05) is 0 Å². The Kier molecular flexibility index (Phi) is 3.76. The molecule has 2 rings (SSSR count). The zero-order valence-corrected chi connectivity index (χ0v) is 10.6. The molecule has 0 atom stereocenters. The third kappa shape index (κ3) is 3.40. The molecule has 1 fully saturated rings. The molecule has 1 heterocycles. The van der Waals surface area contributed by atoms with Crippen molar-refractivity contribution in [2.24, 2.45) is 0 Å². The molecular formula is C11H13ClN4O2. The summed E-state index contributed by atoms with van der Waals surface area (Å²) in [7, 11) is 1.54. The molecule has 6 nitrogen and oxygen atoms in total. The van der Waals surface area contributed by atoms with Gasteiger partial charge in [-0.15, -0.1) is 0 Å². The van der Waals surface area contributed by atoms with Gasteiger partial charge in [0.05, 0.1) is 18.9 Å². The number of amides is 2. The van der Waals surface area contributed by atoms with E-state index in [1.54, 1.807) is 0 Å². The lowest BCUT2D eigenvalue weighted by atomic mass is 10.3. The number of carbonyl (C=O) groups is 2. The van der Waals surface area contributed by atoms with Crippen LogP contribution in [-0.2, 0) is 4.79 Å². The molecule has 7 heteroatoms. The Bertz CT molecular complexity index is 476. The number of halogens is 1. The van der Waals surface area contributed by atoms with Crippen LogP contribution >= 0.6 is 11.6 Å². The summed E-state index contributed by atoms with van der Waals surface area (Å²) in [5.74, 6) is -0.542. The Balaban J connectivity index is 1.93. The smallest absolute Gasteiger partial charge is 0.274 e. The summed E-state index contributed by atoms with van der Waals surface area (Å²) in [6.45, 7) is 0.00350. The summed E-state index contributed by atoms with van der Waals surface area (Å²) in [5, 5.41) is 2.96. The van der Waals surface area contributed by atoms with Crippen LogP contribution < -0.4 is 5.32 Å². The topological polar surface area (TPSA) is 75.2 Å². The van der Waals surface area contributed by atoms with Crippen molar-refractivity contribution < 1.29 is 9.59 Å². The SMILES string of the molecule is CN(CC(=O)NC1CC1)C(=O)c1cncc(Cl)n1. The number of rotatable bonds is 4. The van der Waals surface area contributed by atoms with Crippen LogP contribution in [0.15, 0.2) is 12.4 Å². The highest BCUT2D eigenvalue weighted by molar-refractivity contribution is 6.29. The number of aromatic nitrogens is 2. The second kappa shape index (κ2) is 5.30. The van der Waals surface area contributed by atoms with Gasteiger partial charge in [-0.3, -0.25) is 14.6 Å². The van der Waals surface area contributed by atoms with Crippen LogP contribution in [0.25, 0.3) is 0 Å². The van der Waals surface area contributed by atoms with Gasteiger partial charge in [0.1, 0.15) is 10.8 Å². The van der Waals surface area contributed by atoms with Gasteiger partial charge in [-0.25, -0.2) is 4.98 Å². The summed E-state index contributed by atoms with van der Waals surface area (Å²) < 4.78 is 0. The lowest BCUT2D eigenvalue weighted by Gasteiger charge is -2.16. The lowest BCUT2D eigenvalue weighted by Crippen LogP contribution is -2.39. The molecule has 0 saturated heterocycles.